The highest BCUT2D eigenvalue weighted by Gasteiger charge is 2.39. The van der Waals surface area contributed by atoms with Crippen LogP contribution in [-0.2, 0) is 22.9 Å². The zero-order chi connectivity index (χ0) is 20.2. The zero-order valence-electron chi connectivity index (χ0n) is 16.9. The molecule has 2 amide bonds. The number of hydrogen-bond acceptors (Lipinski definition) is 5. The maximum atomic E-state index is 12.2. The first-order valence-corrected chi connectivity index (χ1v) is 11.0. The van der Waals surface area contributed by atoms with Gasteiger partial charge in [-0.2, -0.15) is 0 Å². The summed E-state index contributed by atoms with van der Waals surface area (Å²) in [5.74, 6) is -0.705. The van der Waals surface area contributed by atoms with E-state index in [4.69, 9.17) is 13.3 Å². The number of hydrazine groups is 1. The van der Waals surface area contributed by atoms with Gasteiger partial charge < -0.3 is 13.3 Å². The fourth-order valence-electron chi connectivity index (χ4n) is 2.27. The summed E-state index contributed by atoms with van der Waals surface area (Å²) in [5.41, 5.74) is 3.26. The second-order valence-electron chi connectivity index (χ2n) is 5.90. The van der Waals surface area contributed by atoms with Crippen LogP contribution >= 0.6 is 0 Å². The highest BCUT2D eigenvalue weighted by molar-refractivity contribution is 6.60. The van der Waals surface area contributed by atoms with Crippen molar-refractivity contribution in [2.24, 2.45) is 0 Å². The van der Waals surface area contributed by atoms with E-state index < -0.39 is 8.80 Å². The third-order valence-corrected chi connectivity index (χ3v) is 6.59. The molecule has 0 heterocycles. The van der Waals surface area contributed by atoms with Gasteiger partial charge in [0.05, 0.1) is 0 Å². The number of unbranched alkanes of at least 4 members (excludes halogenated alkanes) is 1. The number of rotatable bonds is 13. The Balaban J connectivity index is 4.80. The summed E-state index contributed by atoms with van der Waals surface area (Å²) in [6.45, 7) is 18.1. The van der Waals surface area contributed by atoms with Crippen molar-refractivity contribution < 1.29 is 22.9 Å². The number of nitrogens with zero attached hydrogens (tertiary/aromatic N) is 1. The monoisotopic (exact) mass is 386 g/mol. The smallest absolute Gasteiger partial charge is 0.374 e. The van der Waals surface area contributed by atoms with E-state index in [-0.39, 0.29) is 11.8 Å². The third-order valence-electron chi connectivity index (χ3n) is 3.44. The van der Waals surface area contributed by atoms with E-state index >= 15 is 0 Å². The van der Waals surface area contributed by atoms with Gasteiger partial charge in [0.15, 0.2) is 0 Å². The molecule has 0 aliphatic carbocycles. The average molecular weight is 387 g/mol. The molecule has 0 aromatic rings. The second-order valence-corrected chi connectivity index (χ2v) is 8.63. The summed E-state index contributed by atoms with van der Waals surface area (Å²) in [6.07, 6.45) is 1.41. The number of hydrogen-bond donors (Lipinski definition) is 1. The van der Waals surface area contributed by atoms with Gasteiger partial charge in [-0.1, -0.05) is 13.2 Å². The molecule has 1 N–H and O–H groups in total. The Labute approximate surface area is 158 Å². The lowest BCUT2D eigenvalue weighted by Gasteiger charge is -2.29. The van der Waals surface area contributed by atoms with Crippen LogP contribution in [0.3, 0.4) is 0 Å². The standard InChI is InChI=1S/C18H34N2O5Si/c1-8-23-26(24-9-2,25-10-3)14-12-11-13-20(18(22)16(6)7)19-17(21)15(4)5/h4,6,8-14H2,1-3,5,7H3,(H,19,21). The van der Waals surface area contributed by atoms with Gasteiger partial charge in [-0.05, 0) is 47.5 Å². The first-order chi connectivity index (χ1) is 12.2. The van der Waals surface area contributed by atoms with E-state index in [0.717, 1.165) is 6.42 Å². The highest BCUT2D eigenvalue weighted by atomic mass is 28.4. The van der Waals surface area contributed by atoms with Crippen LogP contribution < -0.4 is 5.43 Å². The summed E-state index contributed by atoms with van der Waals surface area (Å²) in [7, 11) is -2.69. The van der Waals surface area contributed by atoms with Gasteiger partial charge in [-0.15, -0.1) is 0 Å². The fourth-order valence-corrected chi connectivity index (χ4v) is 4.95. The fraction of sp³-hybridized carbons (Fsp3) is 0.667. The molecule has 8 heteroatoms. The largest absolute Gasteiger partial charge is 0.500 e. The molecule has 0 spiro atoms. The van der Waals surface area contributed by atoms with Crippen LogP contribution in [0.25, 0.3) is 0 Å². The minimum absolute atomic E-state index is 0.317. The molecule has 0 aliphatic heterocycles. The van der Waals surface area contributed by atoms with Gasteiger partial charge in [0.2, 0.25) is 0 Å². The molecule has 0 saturated carbocycles. The Morgan fingerprint density at radius 1 is 0.923 bits per heavy atom. The molecule has 0 atom stereocenters. The van der Waals surface area contributed by atoms with Gasteiger partial charge >= 0.3 is 8.80 Å². The van der Waals surface area contributed by atoms with Crippen LogP contribution in [0, 0.1) is 0 Å². The molecule has 0 aliphatic rings. The molecule has 7 nitrogen and oxygen atoms in total. The molecular weight excluding hydrogens is 352 g/mol. The minimum Gasteiger partial charge on any atom is -0.374 e. The molecule has 0 rings (SSSR count). The second kappa shape index (κ2) is 12.8. The summed E-state index contributed by atoms with van der Waals surface area (Å²) in [5, 5.41) is 1.28. The van der Waals surface area contributed by atoms with Crippen molar-refractivity contribution in [1.82, 2.24) is 10.4 Å². The van der Waals surface area contributed by atoms with E-state index in [1.807, 2.05) is 20.8 Å². The Kier molecular flexibility index (Phi) is 12.1. The van der Waals surface area contributed by atoms with Gasteiger partial charge in [0.25, 0.3) is 11.8 Å². The summed E-state index contributed by atoms with van der Waals surface area (Å²) in [4.78, 5) is 24.1. The van der Waals surface area contributed by atoms with Crippen LogP contribution in [0.2, 0.25) is 6.04 Å². The van der Waals surface area contributed by atoms with Crippen molar-refractivity contribution in [3.8, 4) is 0 Å². The van der Waals surface area contributed by atoms with Crippen molar-refractivity contribution >= 4 is 20.6 Å². The molecule has 0 fully saturated rings. The number of carbonyl (C=O) groups excluding carboxylic acids is 2. The van der Waals surface area contributed by atoms with E-state index in [1.165, 1.54) is 5.01 Å². The quantitative estimate of drug-likeness (QED) is 0.228. The van der Waals surface area contributed by atoms with E-state index in [0.29, 0.717) is 50.0 Å². The Hall–Kier alpha value is -1.48. The molecule has 0 bridgehead atoms. The number of amides is 2. The lowest BCUT2D eigenvalue weighted by Crippen LogP contribution is -2.48. The lowest BCUT2D eigenvalue weighted by atomic mass is 10.3. The maximum absolute atomic E-state index is 12.2. The van der Waals surface area contributed by atoms with Crippen molar-refractivity contribution in [2.45, 2.75) is 53.5 Å². The average Bonchev–Trinajstić information content (AvgIpc) is 2.57. The van der Waals surface area contributed by atoms with E-state index in [9.17, 15) is 9.59 Å². The third kappa shape index (κ3) is 8.75. The number of carbonyl (C=O) groups is 2. The minimum atomic E-state index is -2.69. The summed E-state index contributed by atoms with van der Waals surface area (Å²) < 4.78 is 17.5. The molecule has 26 heavy (non-hydrogen) atoms. The van der Waals surface area contributed by atoms with E-state index in [1.54, 1.807) is 13.8 Å². The van der Waals surface area contributed by atoms with Crippen LogP contribution in [-0.4, -0.2) is 52.0 Å². The van der Waals surface area contributed by atoms with Gasteiger partial charge in [0, 0.05) is 43.6 Å². The van der Waals surface area contributed by atoms with Crippen LogP contribution in [0.15, 0.2) is 24.3 Å². The van der Waals surface area contributed by atoms with Crippen LogP contribution in [0.1, 0.15) is 47.5 Å². The SMILES string of the molecule is C=C(C)C(=O)NN(CCCC[Si](OCC)(OCC)OCC)C(=O)C(=C)C. The molecule has 0 aromatic carbocycles. The Morgan fingerprint density at radius 2 is 1.42 bits per heavy atom. The predicted molar refractivity (Wildman–Crippen MR) is 104 cm³/mol. The number of nitrogens with one attached hydrogen (secondary N) is 1. The summed E-state index contributed by atoms with van der Waals surface area (Å²) in [6, 6.07) is 0.659. The topological polar surface area (TPSA) is 77.1 Å². The molecule has 0 radical (unpaired) electrons. The van der Waals surface area contributed by atoms with Gasteiger partial charge in [-0.3, -0.25) is 20.0 Å². The van der Waals surface area contributed by atoms with Gasteiger partial charge in [0.1, 0.15) is 0 Å². The van der Waals surface area contributed by atoms with Crippen LogP contribution in [0.4, 0.5) is 0 Å². The molecule has 150 valence electrons. The van der Waals surface area contributed by atoms with Crippen molar-refractivity contribution in [3.63, 3.8) is 0 Å². The first kappa shape index (κ1) is 24.5. The van der Waals surface area contributed by atoms with Crippen LogP contribution in [0.5, 0.6) is 0 Å². The first-order valence-electron chi connectivity index (χ1n) is 9.08. The Bertz CT molecular complexity index is 479. The molecule has 0 unspecified atom stereocenters. The Morgan fingerprint density at radius 3 is 1.81 bits per heavy atom. The van der Waals surface area contributed by atoms with Crippen molar-refractivity contribution in [2.75, 3.05) is 26.4 Å². The van der Waals surface area contributed by atoms with E-state index in [2.05, 4.69) is 18.6 Å². The normalized spacial score (nSPS) is 11.1. The zero-order valence-corrected chi connectivity index (χ0v) is 17.9. The lowest BCUT2D eigenvalue weighted by molar-refractivity contribution is -0.137. The predicted octanol–water partition coefficient (Wildman–Crippen LogP) is 2.83. The molecular formula is C18H34N2O5Si. The van der Waals surface area contributed by atoms with Gasteiger partial charge in [-0.25, -0.2) is 0 Å². The highest BCUT2D eigenvalue weighted by Crippen LogP contribution is 2.19. The van der Waals surface area contributed by atoms with Crippen molar-refractivity contribution in [1.29, 1.82) is 0 Å². The maximum Gasteiger partial charge on any atom is 0.500 e. The van der Waals surface area contributed by atoms with Crippen molar-refractivity contribution in [3.05, 3.63) is 24.3 Å². The summed E-state index contributed by atoms with van der Waals surface area (Å²) >= 11 is 0. The molecule has 0 aromatic heterocycles. The molecule has 0 saturated heterocycles.